The zero-order chi connectivity index (χ0) is 15.0. The van der Waals surface area contributed by atoms with Crippen LogP contribution in [0.1, 0.15) is 63.0 Å². The maximum absolute atomic E-state index is 11.6. The van der Waals surface area contributed by atoms with Crippen LogP contribution in [0, 0.1) is 0 Å². The van der Waals surface area contributed by atoms with Gasteiger partial charge >= 0.3 is 0 Å². The summed E-state index contributed by atoms with van der Waals surface area (Å²) in [5.74, 6) is 0.0910. The van der Waals surface area contributed by atoms with E-state index in [1.165, 1.54) is 5.56 Å². The Kier molecular flexibility index (Phi) is 3.99. The van der Waals surface area contributed by atoms with E-state index >= 15 is 0 Å². The van der Waals surface area contributed by atoms with Crippen molar-refractivity contribution in [2.45, 2.75) is 52.4 Å². The summed E-state index contributed by atoms with van der Waals surface area (Å²) in [6.07, 6.45) is 0. The summed E-state index contributed by atoms with van der Waals surface area (Å²) < 4.78 is 5.31. The van der Waals surface area contributed by atoms with Crippen molar-refractivity contribution in [3.63, 3.8) is 0 Å². The lowest BCUT2D eigenvalue weighted by molar-refractivity contribution is 0.0997. The Morgan fingerprint density at radius 2 is 1.42 bits per heavy atom. The third-order valence-electron chi connectivity index (χ3n) is 3.22. The second-order valence-electron chi connectivity index (χ2n) is 6.96. The number of benzene rings is 1. The van der Waals surface area contributed by atoms with E-state index in [1.54, 1.807) is 7.11 Å². The Hall–Kier alpha value is -1.51. The fourth-order valence-corrected chi connectivity index (χ4v) is 2.18. The van der Waals surface area contributed by atoms with E-state index in [-0.39, 0.29) is 10.8 Å². The summed E-state index contributed by atoms with van der Waals surface area (Å²) in [4.78, 5) is 11.6. The van der Waals surface area contributed by atoms with Crippen LogP contribution in [0.25, 0.3) is 0 Å². The van der Waals surface area contributed by atoms with Gasteiger partial charge in [0.25, 0.3) is 5.91 Å². The fraction of sp³-hybridized carbons (Fsp3) is 0.562. The van der Waals surface area contributed by atoms with Crippen LogP contribution >= 0.6 is 0 Å². The first kappa shape index (κ1) is 15.5. The van der Waals surface area contributed by atoms with Crippen LogP contribution in [0.3, 0.4) is 0 Å². The van der Waals surface area contributed by atoms with Gasteiger partial charge in [-0.3, -0.25) is 4.79 Å². The minimum absolute atomic E-state index is 0.0218. The van der Waals surface area contributed by atoms with Crippen molar-refractivity contribution in [2.75, 3.05) is 7.11 Å². The molecule has 3 nitrogen and oxygen atoms in total. The predicted octanol–water partition coefficient (Wildman–Crippen LogP) is 3.39. The quantitative estimate of drug-likeness (QED) is 0.889. The summed E-state index contributed by atoms with van der Waals surface area (Å²) >= 11 is 0. The molecule has 1 rings (SSSR count). The van der Waals surface area contributed by atoms with Crippen molar-refractivity contribution in [2.24, 2.45) is 5.73 Å². The minimum Gasteiger partial charge on any atom is -0.496 e. The standard InChI is InChI=1S/C16H25NO2/c1-15(2,3)11-8-10(14(17)18)13(19-7)9-12(11)16(4,5)6/h8-9H,1-7H3,(H2,17,18). The van der Waals surface area contributed by atoms with Gasteiger partial charge in [0.2, 0.25) is 0 Å². The Morgan fingerprint density at radius 3 is 1.74 bits per heavy atom. The van der Waals surface area contributed by atoms with Gasteiger partial charge in [-0.25, -0.2) is 0 Å². The van der Waals surface area contributed by atoms with Gasteiger partial charge in [-0.05, 0) is 34.1 Å². The van der Waals surface area contributed by atoms with Crippen LogP contribution in [-0.4, -0.2) is 13.0 Å². The lowest BCUT2D eigenvalue weighted by Crippen LogP contribution is -2.24. The largest absolute Gasteiger partial charge is 0.496 e. The van der Waals surface area contributed by atoms with Crippen molar-refractivity contribution in [3.8, 4) is 5.75 Å². The Morgan fingerprint density at radius 1 is 1.00 bits per heavy atom. The molecule has 1 aromatic rings. The molecule has 0 fully saturated rings. The molecule has 0 saturated heterocycles. The van der Waals surface area contributed by atoms with E-state index in [2.05, 4.69) is 41.5 Å². The molecule has 106 valence electrons. The number of hydrogen-bond donors (Lipinski definition) is 1. The Labute approximate surface area is 116 Å². The molecule has 2 N–H and O–H groups in total. The summed E-state index contributed by atoms with van der Waals surface area (Å²) in [6, 6.07) is 3.82. The lowest BCUT2D eigenvalue weighted by Gasteiger charge is -2.31. The van der Waals surface area contributed by atoms with Crippen LogP contribution < -0.4 is 10.5 Å². The molecule has 0 atom stereocenters. The molecule has 0 heterocycles. The molecule has 1 aromatic carbocycles. The van der Waals surface area contributed by atoms with Crippen molar-refractivity contribution in [3.05, 3.63) is 28.8 Å². The SMILES string of the molecule is COc1cc(C(C)(C)C)c(C(C)(C)C)cc1C(N)=O. The van der Waals surface area contributed by atoms with E-state index in [4.69, 9.17) is 10.5 Å². The molecular formula is C16H25NO2. The molecule has 0 radical (unpaired) electrons. The highest BCUT2D eigenvalue weighted by atomic mass is 16.5. The van der Waals surface area contributed by atoms with Gasteiger partial charge in [-0.1, -0.05) is 41.5 Å². The van der Waals surface area contributed by atoms with Crippen LogP contribution in [0.2, 0.25) is 0 Å². The zero-order valence-corrected chi connectivity index (χ0v) is 13.0. The van der Waals surface area contributed by atoms with Gasteiger partial charge in [0.15, 0.2) is 0 Å². The average Bonchev–Trinajstić information content (AvgIpc) is 2.24. The summed E-state index contributed by atoms with van der Waals surface area (Å²) in [5, 5.41) is 0. The number of rotatable bonds is 2. The number of nitrogens with two attached hydrogens (primary N) is 1. The molecule has 0 aliphatic rings. The van der Waals surface area contributed by atoms with E-state index in [0.717, 1.165) is 5.56 Å². The first-order valence-electron chi connectivity index (χ1n) is 6.51. The van der Waals surface area contributed by atoms with Gasteiger partial charge in [-0.2, -0.15) is 0 Å². The number of primary amides is 1. The highest BCUT2D eigenvalue weighted by Crippen LogP contribution is 2.37. The van der Waals surface area contributed by atoms with Crippen molar-refractivity contribution in [1.82, 2.24) is 0 Å². The monoisotopic (exact) mass is 263 g/mol. The zero-order valence-electron chi connectivity index (χ0n) is 13.0. The molecule has 0 aliphatic heterocycles. The van der Waals surface area contributed by atoms with Gasteiger partial charge in [-0.15, -0.1) is 0 Å². The third-order valence-corrected chi connectivity index (χ3v) is 3.22. The highest BCUT2D eigenvalue weighted by molar-refractivity contribution is 5.96. The first-order valence-corrected chi connectivity index (χ1v) is 6.51. The Balaban J connectivity index is 3.68. The van der Waals surface area contributed by atoms with E-state index in [1.807, 2.05) is 12.1 Å². The molecule has 0 saturated carbocycles. The molecular weight excluding hydrogens is 238 g/mol. The topological polar surface area (TPSA) is 52.3 Å². The summed E-state index contributed by atoms with van der Waals surface area (Å²) in [7, 11) is 1.56. The van der Waals surface area contributed by atoms with Gasteiger partial charge in [0.1, 0.15) is 5.75 Å². The maximum atomic E-state index is 11.6. The highest BCUT2D eigenvalue weighted by Gasteiger charge is 2.28. The van der Waals surface area contributed by atoms with E-state index in [0.29, 0.717) is 11.3 Å². The number of amides is 1. The molecule has 1 amide bonds. The molecule has 0 aliphatic carbocycles. The molecule has 0 bridgehead atoms. The smallest absolute Gasteiger partial charge is 0.252 e. The number of ether oxygens (including phenoxy) is 1. The van der Waals surface area contributed by atoms with Gasteiger partial charge < -0.3 is 10.5 Å². The lowest BCUT2D eigenvalue weighted by atomic mass is 9.74. The van der Waals surface area contributed by atoms with Crippen molar-refractivity contribution in [1.29, 1.82) is 0 Å². The number of carbonyl (C=O) groups is 1. The molecule has 0 aromatic heterocycles. The number of hydrogen-bond acceptors (Lipinski definition) is 2. The summed E-state index contributed by atoms with van der Waals surface area (Å²) in [6.45, 7) is 12.9. The predicted molar refractivity (Wildman–Crippen MR) is 78.9 cm³/mol. The second-order valence-corrected chi connectivity index (χ2v) is 6.96. The fourth-order valence-electron chi connectivity index (χ4n) is 2.18. The first-order chi connectivity index (χ1) is 8.48. The van der Waals surface area contributed by atoms with Crippen LogP contribution in [0.15, 0.2) is 12.1 Å². The van der Waals surface area contributed by atoms with Crippen LogP contribution in [-0.2, 0) is 10.8 Å². The molecule has 19 heavy (non-hydrogen) atoms. The Bertz CT molecular complexity index is 491. The maximum Gasteiger partial charge on any atom is 0.252 e. The third kappa shape index (κ3) is 3.28. The van der Waals surface area contributed by atoms with Crippen molar-refractivity contribution < 1.29 is 9.53 Å². The van der Waals surface area contributed by atoms with E-state index < -0.39 is 5.91 Å². The molecule has 0 spiro atoms. The summed E-state index contributed by atoms with van der Waals surface area (Å²) in [5.41, 5.74) is 8.13. The molecule has 0 unspecified atom stereocenters. The van der Waals surface area contributed by atoms with Crippen LogP contribution in [0.5, 0.6) is 5.75 Å². The normalized spacial score (nSPS) is 12.4. The number of carbonyl (C=O) groups excluding carboxylic acids is 1. The van der Waals surface area contributed by atoms with Gasteiger partial charge in [0, 0.05) is 0 Å². The second kappa shape index (κ2) is 4.87. The van der Waals surface area contributed by atoms with E-state index in [9.17, 15) is 4.79 Å². The molecule has 3 heteroatoms. The van der Waals surface area contributed by atoms with Gasteiger partial charge in [0.05, 0.1) is 12.7 Å². The van der Waals surface area contributed by atoms with Crippen molar-refractivity contribution >= 4 is 5.91 Å². The number of methoxy groups -OCH3 is 1. The minimum atomic E-state index is -0.456. The van der Waals surface area contributed by atoms with Crippen LogP contribution in [0.4, 0.5) is 0 Å². The average molecular weight is 263 g/mol.